The van der Waals surface area contributed by atoms with Crippen LogP contribution in [0.3, 0.4) is 0 Å². The number of hydrogen-bond donors (Lipinski definition) is 1. The molecule has 0 saturated carbocycles. The van der Waals surface area contributed by atoms with Crippen LogP contribution in [0.15, 0.2) is 59.4 Å². The molecule has 3 aromatic rings. The summed E-state index contributed by atoms with van der Waals surface area (Å²) in [7, 11) is -1.61. The third-order valence-electron chi connectivity index (χ3n) is 6.07. The van der Waals surface area contributed by atoms with Gasteiger partial charge in [-0.2, -0.15) is 0 Å². The number of sulfonamides is 1. The van der Waals surface area contributed by atoms with Gasteiger partial charge in [0, 0.05) is 25.7 Å². The van der Waals surface area contributed by atoms with Crippen molar-refractivity contribution < 1.29 is 13.2 Å². The van der Waals surface area contributed by atoms with Gasteiger partial charge in [0.2, 0.25) is 10.0 Å². The Labute approximate surface area is 193 Å². The van der Waals surface area contributed by atoms with Gasteiger partial charge < -0.3 is 5.32 Å². The van der Waals surface area contributed by atoms with E-state index < -0.39 is 15.9 Å². The van der Waals surface area contributed by atoms with Crippen molar-refractivity contribution in [2.75, 3.05) is 18.4 Å². The second kappa shape index (κ2) is 9.36. The normalized spacial score (nSPS) is 14.8. The third-order valence-corrected chi connectivity index (χ3v) is 7.92. The van der Waals surface area contributed by atoms with Crippen LogP contribution < -0.4 is 10.9 Å². The quantitative estimate of drug-likeness (QED) is 0.602. The molecule has 1 aliphatic heterocycles. The molecule has 1 saturated heterocycles. The Bertz CT molecular complexity index is 1300. The smallest absolute Gasteiger partial charge is 0.295 e. The summed E-state index contributed by atoms with van der Waals surface area (Å²) in [5.74, 6) is -0.513. The topological polar surface area (TPSA) is 93.4 Å². The van der Waals surface area contributed by atoms with Crippen LogP contribution in [0.4, 0.5) is 5.69 Å². The average molecular weight is 469 g/mol. The van der Waals surface area contributed by atoms with E-state index in [1.54, 1.807) is 47.2 Å². The number of piperidine rings is 1. The summed E-state index contributed by atoms with van der Waals surface area (Å²) >= 11 is 0. The number of hydrogen-bond acceptors (Lipinski definition) is 4. The van der Waals surface area contributed by atoms with E-state index in [1.807, 2.05) is 30.3 Å². The first-order valence-corrected chi connectivity index (χ1v) is 12.6. The third kappa shape index (κ3) is 4.79. The van der Waals surface area contributed by atoms with E-state index in [0.29, 0.717) is 35.6 Å². The molecular formula is C24H28N4O4S. The minimum Gasteiger partial charge on any atom is -0.316 e. The molecular weight excluding hydrogens is 440 g/mol. The number of carbonyl (C=O) groups excluding carboxylic acids is 1. The van der Waals surface area contributed by atoms with Crippen LogP contribution in [0.2, 0.25) is 0 Å². The van der Waals surface area contributed by atoms with Crippen LogP contribution in [0.1, 0.15) is 40.9 Å². The van der Waals surface area contributed by atoms with E-state index >= 15 is 0 Å². The molecule has 0 radical (unpaired) electrons. The maximum Gasteiger partial charge on any atom is 0.295 e. The standard InChI is InChI=1S/C24H28N4O4S/c1-18-22(24(30)28(26(18)2)21-9-5-3-6-10-21)25-23(29)20-13-11-19(12-14-20)17-33(31,32)27-15-7-4-8-16-27/h3,5-6,9-14H,4,7-8,15-17H2,1-2H3,(H,25,29). The maximum absolute atomic E-state index is 13.0. The first-order valence-electron chi connectivity index (χ1n) is 11.0. The zero-order valence-corrected chi connectivity index (χ0v) is 19.6. The molecule has 1 fully saturated rings. The first kappa shape index (κ1) is 23.0. The van der Waals surface area contributed by atoms with Gasteiger partial charge in [-0.1, -0.05) is 36.8 Å². The number of para-hydroxylation sites is 1. The summed E-state index contributed by atoms with van der Waals surface area (Å²) in [5, 5.41) is 2.73. The van der Waals surface area contributed by atoms with E-state index in [9.17, 15) is 18.0 Å². The van der Waals surface area contributed by atoms with Gasteiger partial charge in [-0.25, -0.2) is 17.4 Å². The highest BCUT2D eigenvalue weighted by molar-refractivity contribution is 7.88. The van der Waals surface area contributed by atoms with Gasteiger partial charge in [-0.15, -0.1) is 0 Å². The number of nitrogens with zero attached hydrogens (tertiary/aromatic N) is 3. The molecule has 0 bridgehead atoms. The lowest BCUT2D eigenvalue weighted by atomic mass is 10.1. The molecule has 0 unspecified atom stereocenters. The molecule has 1 N–H and O–H groups in total. The van der Waals surface area contributed by atoms with Crippen molar-refractivity contribution in [1.29, 1.82) is 0 Å². The van der Waals surface area contributed by atoms with Crippen molar-refractivity contribution in [3.05, 3.63) is 81.8 Å². The van der Waals surface area contributed by atoms with Crippen LogP contribution in [-0.2, 0) is 22.8 Å². The molecule has 0 aliphatic carbocycles. The number of anilines is 1. The molecule has 0 spiro atoms. The van der Waals surface area contributed by atoms with E-state index in [1.165, 1.54) is 4.68 Å². The fourth-order valence-corrected chi connectivity index (χ4v) is 5.71. The lowest BCUT2D eigenvalue weighted by Crippen LogP contribution is -2.36. The van der Waals surface area contributed by atoms with Crippen LogP contribution in [0.5, 0.6) is 0 Å². The Morgan fingerprint density at radius 2 is 1.61 bits per heavy atom. The molecule has 1 aliphatic rings. The highest BCUT2D eigenvalue weighted by Crippen LogP contribution is 2.19. The second-order valence-corrected chi connectivity index (χ2v) is 10.3. The van der Waals surface area contributed by atoms with E-state index in [0.717, 1.165) is 19.3 Å². The summed E-state index contributed by atoms with van der Waals surface area (Å²) in [6.45, 7) is 2.91. The molecule has 4 rings (SSSR count). The molecule has 2 aromatic carbocycles. The largest absolute Gasteiger partial charge is 0.316 e. The maximum atomic E-state index is 13.0. The summed E-state index contributed by atoms with van der Waals surface area (Å²) in [6.07, 6.45) is 2.85. The molecule has 0 atom stereocenters. The fourth-order valence-electron chi connectivity index (χ4n) is 4.10. The average Bonchev–Trinajstić information content (AvgIpc) is 3.03. The fraction of sp³-hybridized carbons (Fsp3) is 0.333. The Hall–Kier alpha value is -3.17. The lowest BCUT2D eigenvalue weighted by Gasteiger charge is -2.25. The molecule has 33 heavy (non-hydrogen) atoms. The van der Waals surface area contributed by atoms with E-state index in [2.05, 4.69) is 5.32 Å². The number of carbonyl (C=O) groups is 1. The first-order chi connectivity index (χ1) is 15.8. The van der Waals surface area contributed by atoms with Gasteiger partial charge in [-0.05, 0) is 49.6 Å². The minimum absolute atomic E-state index is 0.0888. The van der Waals surface area contributed by atoms with Crippen molar-refractivity contribution in [2.45, 2.75) is 31.9 Å². The molecule has 1 amide bonds. The van der Waals surface area contributed by atoms with Gasteiger partial charge in [0.1, 0.15) is 5.69 Å². The number of aromatic nitrogens is 2. The van der Waals surface area contributed by atoms with Crippen molar-refractivity contribution in [3.8, 4) is 5.69 Å². The van der Waals surface area contributed by atoms with Crippen molar-refractivity contribution in [2.24, 2.45) is 7.05 Å². The van der Waals surface area contributed by atoms with E-state index in [4.69, 9.17) is 0 Å². The van der Waals surface area contributed by atoms with Gasteiger partial charge in [0.05, 0.1) is 17.1 Å². The van der Waals surface area contributed by atoms with Crippen LogP contribution in [-0.4, -0.2) is 41.1 Å². The zero-order valence-electron chi connectivity index (χ0n) is 18.8. The Balaban J connectivity index is 1.50. The summed E-state index contributed by atoms with van der Waals surface area (Å²) < 4.78 is 30.0. The number of amides is 1. The molecule has 2 heterocycles. The van der Waals surface area contributed by atoms with Gasteiger partial charge in [0.25, 0.3) is 11.5 Å². The zero-order chi connectivity index (χ0) is 23.6. The summed E-state index contributed by atoms with van der Waals surface area (Å²) in [6, 6.07) is 15.7. The van der Waals surface area contributed by atoms with Gasteiger partial charge >= 0.3 is 0 Å². The van der Waals surface area contributed by atoms with Gasteiger partial charge in [0.15, 0.2) is 0 Å². The number of benzene rings is 2. The number of nitrogens with one attached hydrogen (secondary N) is 1. The molecule has 8 nitrogen and oxygen atoms in total. The van der Waals surface area contributed by atoms with Crippen LogP contribution in [0.25, 0.3) is 5.69 Å². The monoisotopic (exact) mass is 468 g/mol. The highest BCUT2D eigenvalue weighted by Gasteiger charge is 2.24. The van der Waals surface area contributed by atoms with Gasteiger partial charge in [-0.3, -0.25) is 14.3 Å². The predicted molar refractivity (Wildman–Crippen MR) is 128 cm³/mol. The van der Waals surface area contributed by atoms with Crippen LogP contribution in [0, 0.1) is 6.92 Å². The van der Waals surface area contributed by atoms with E-state index in [-0.39, 0.29) is 17.0 Å². The van der Waals surface area contributed by atoms with Crippen molar-refractivity contribution in [1.82, 2.24) is 13.7 Å². The number of rotatable bonds is 6. The minimum atomic E-state index is -3.37. The lowest BCUT2D eigenvalue weighted by molar-refractivity contribution is 0.102. The Morgan fingerprint density at radius 1 is 0.970 bits per heavy atom. The molecule has 9 heteroatoms. The SMILES string of the molecule is Cc1c(NC(=O)c2ccc(CS(=O)(=O)N3CCCCC3)cc2)c(=O)n(-c2ccccc2)n1C. The van der Waals surface area contributed by atoms with Crippen molar-refractivity contribution >= 4 is 21.6 Å². The van der Waals surface area contributed by atoms with Crippen molar-refractivity contribution in [3.63, 3.8) is 0 Å². The second-order valence-electron chi connectivity index (χ2n) is 8.30. The highest BCUT2D eigenvalue weighted by atomic mass is 32.2. The summed E-state index contributed by atoms with van der Waals surface area (Å²) in [4.78, 5) is 25.8. The Morgan fingerprint density at radius 3 is 2.24 bits per heavy atom. The predicted octanol–water partition coefficient (Wildman–Crippen LogP) is 3.05. The Kier molecular flexibility index (Phi) is 6.53. The van der Waals surface area contributed by atoms with Crippen LogP contribution >= 0.6 is 0 Å². The summed E-state index contributed by atoms with van der Waals surface area (Å²) in [5.41, 5.74) is 2.19. The molecule has 174 valence electrons. The molecule has 1 aromatic heterocycles.